The first-order chi connectivity index (χ1) is 5.04. The second-order valence-electron chi connectivity index (χ2n) is 1.89. The summed E-state index contributed by atoms with van der Waals surface area (Å²) in [6.07, 6.45) is 0.615. The van der Waals surface area contributed by atoms with Crippen LogP contribution in [0, 0.1) is 0 Å². The molecule has 0 fully saturated rings. The number of halogens is 1. The van der Waals surface area contributed by atoms with Crippen LogP contribution in [0.5, 0.6) is 0 Å². The highest BCUT2D eigenvalue weighted by atomic mass is 35.5. The number of rotatable bonds is 0. The summed E-state index contributed by atoms with van der Waals surface area (Å²) in [7, 11) is 0. The van der Waals surface area contributed by atoms with E-state index >= 15 is 0 Å². The summed E-state index contributed by atoms with van der Waals surface area (Å²) in [5.41, 5.74) is 0. The second kappa shape index (κ2) is 2.39. The third-order valence-electron chi connectivity index (χ3n) is 1.14. The SMILES string of the molecule is O=C1C=C(O)C(=O)C(Cl)=C1O. The molecule has 5 heteroatoms. The Hall–Kier alpha value is -1.29. The molecule has 0 aromatic rings. The smallest absolute Gasteiger partial charge is 0.242 e. The first kappa shape index (κ1) is 7.81. The first-order valence-electron chi connectivity index (χ1n) is 2.62. The molecule has 0 saturated heterocycles. The minimum atomic E-state index is -0.941. The molecule has 0 atom stereocenters. The van der Waals surface area contributed by atoms with Crippen LogP contribution >= 0.6 is 11.6 Å². The summed E-state index contributed by atoms with van der Waals surface area (Å²) in [5, 5.41) is 16.8. The summed E-state index contributed by atoms with van der Waals surface area (Å²) in [6, 6.07) is 0. The molecule has 0 amide bonds. The van der Waals surface area contributed by atoms with Gasteiger partial charge >= 0.3 is 0 Å². The topological polar surface area (TPSA) is 74.6 Å². The maximum atomic E-state index is 10.7. The molecule has 58 valence electrons. The third-order valence-corrected chi connectivity index (χ3v) is 1.49. The minimum absolute atomic E-state index is 0.615. The van der Waals surface area contributed by atoms with Gasteiger partial charge in [-0.25, -0.2) is 0 Å². The molecule has 0 saturated carbocycles. The molecular weight excluding hydrogens is 172 g/mol. The van der Waals surface area contributed by atoms with Crippen molar-refractivity contribution in [2.45, 2.75) is 0 Å². The van der Waals surface area contributed by atoms with Crippen LogP contribution in [0.4, 0.5) is 0 Å². The molecule has 1 aliphatic carbocycles. The van der Waals surface area contributed by atoms with Gasteiger partial charge in [0.1, 0.15) is 5.03 Å². The Bertz CT molecular complexity index is 300. The van der Waals surface area contributed by atoms with Gasteiger partial charge in [0.25, 0.3) is 0 Å². The Morgan fingerprint density at radius 2 is 1.82 bits per heavy atom. The van der Waals surface area contributed by atoms with E-state index in [0.29, 0.717) is 6.08 Å². The van der Waals surface area contributed by atoms with E-state index < -0.39 is 28.1 Å². The first-order valence-corrected chi connectivity index (χ1v) is 3.00. The van der Waals surface area contributed by atoms with Gasteiger partial charge in [-0.3, -0.25) is 9.59 Å². The van der Waals surface area contributed by atoms with E-state index in [1.807, 2.05) is 0 Å². The van der Waals surface area contributed by atoms with Gasteiger partial charge in [-0.2, -0.15) is 0 Å². The molecule has 0 aromatic carbocycles. The fraction of sp³-hybridized carbons (Fsp3) is 0. The van der Waals surface area contributed by atoms with Gasteiger partial charge < -0.3 is 10.2 Å². The summed E-state index contributed by atoms with van der Waals surface area (Å²) in [6.45, 7) is 0. The fourth-order valence-electron chi connectivity index (χ4n) is 0.586. The number of Topliss-reactive ketones (excluding diaryl/α,β-unsaturated/α-hetero) is 1. The lowest BCUT2D eigenvalue weighted by molar-refractivity contribution is -0.118. The van der Waals surface area contributed by atoms with Crippen molar-refractivity contribution >= 4 is 23.2 Å². The predicted molar refractivity (Wildman–Crippen MR) is 36.2 cm³/mol. The van der Waals surface area contributed by atoms with Crippen LogP contribution in [0.15, 0.2) is 22.6 Å². The number of ketones is 2. The number of allylic oxidation sites excluding steroid dienone is 2. The van der Waals surface area contributed by atoms with E-state index in [9.17, 15) is 9.59 Å². The monoisotopic (exact) mass is 174 g/mol. The molecule has 1 rings (SSSR count). The van der Waals surface area contributed by atoms with Gasteiger partial charge in [0.05, 0.1) is 0 Å². The van der Waals surface area contributed by atoms with Crippen molar-refractivity contribution in [1.82, 2.24) is 0 Å². The van der Waals surface area contributed by atoms with Gasteiger partial charge in [0, 0.05) is 6.08 Å². The zero-order valence-electron chi connectivity index (χ0n) is 5.17. The van der Waals surface area contributed by atoms with E-state index in [1.54, 1.807) is 0 Å². The van der Waals surface area contributed by atoms with Crippen LogP contribution < -0.4 is 0 Å². The number of aliphatic hydroxyl groups excluding tert-OH is 2. The number of carbonyl (C=O) groups excluding carboxylic acids is 2. The standard InChI is InChI=1S/C6H3ClO4/c7-4-5(10)2(8)1-3(9)6(4)11/h1,8,11H. The predicted octanol–water partition coefficient (Wildman–Crippen LogP) is 0.589. The fourth-order valence-corrected chi connectivity index (χ4v) is 0.776. The van der Waals surface area contributed by atoms with Crippen molar-refractivity contribution in [3.63, 3.8) is 0 Å². The van der Waals surface area contributed by atoms with E-state index in [2.05, 4.69) is 0 Å². The van der Waals surface area contributed by atoms with Crippen LogP contribution in [0.1, 0.15) is 0 Å². The summed E-state index contributed by atoms with van der Waals surface area (Å²) in [4.78, 5) is 21.2. The van der Waals surface area contributed by atoms with Gasteiger partial charge in [0.2, 0.25) is 11.6 Å². The van der Waals surface area contributed by atoms with Gasteiger partial charge in [-0.05, 0) is 0 Å². The van der Waals surface area contributed by atoms with Crippen molar-refractivity contribution in [3.05, 3.63) is 22.6 Å². The van der Waals surface area contributed by atoms with Gasteiger partial charge in [-0.15, -0.1) is 0 Å². The number of aliphatic hydroxyl groups is 2. The zero-order valence-corrected chi connectivity index (χ0v) is 5.92. The molecule has 4 nitrogen and oxygen atoms in total. The van der Waals surface area contributed by atoms with Gasteiger partial charge in [0.15, 0.2) is 11.5 Å². The molecule has 0 aliphatic heterocycles. The van der Waals surface area contributed by atoms with E-state index in [4.69, 9.17) is 21.8 Å². The summed E-state index contributed by atoms with van der Waals surface area (Å²) in [5.74, 6) is -3.39. The van der Waals surface area contributed by atoms with Crippen LogP contribution in [0.25, 0.3) is 0 Å². The maximum absolute atomic E-state index is 10.7. The normalized spacial score (nSPS) is 18.8. The maximum Gasteiger partial charge on any atom is 0.242 e. The van der Waals surface area contributed by atoms with Crippen molar-refractivity contribution in [2.75, 3.05) is 0 Å². The summed E-state index contributed by atoms with van der Waals surface area (Å²) >= 11 is 5.17. The Morgan fingerprint density at radius 1 is 1.27 bits per heavy atom. The van der Waals surface area contributed by atoms with Crippen molar-refractivity contribution in [2.24, 2.45) is 0 Å². The average Bonchev–Trinajstić information content (AvgIpc) is 1.97. The number of carbonyl (C=O) groups is 2. The van der Waals surface area contributed by atoms with Crippen LogP contribution in [0.2, 0.25) is 0 Å². The van der Waals surface area contributed by atoms with E-state index in [0.717, 1.165) is 0 Å². The van der Waals surface area contributed by atoms with Crippen LogP contribution in [-0.4, -0.2) is 21.8 Å². The molecule has 1 aliphatic rings. The Balaban J connectivity index is 3.19. The summed E-state index contributed by atoms with van der Waals surface area (Å²) < 4.78 is 0. The molecule has 0 unspecified atom stereocenters. The number of hydrogen-bond donors (Lipinski definition) is 2. The van der Waals surface area contributed by atoms with Crippen LogP contribution in [-0.2, 0) is 9.59 Å². The molecular formula is C6H3ClO4. The Kier molecular flexibility index (Phi) is 1.70. The highest BCUT2D eigenvalue weighted by Crippen LogP contribution is 2.18. The Morgan fingerprint density at radius 3 is 2.36 bits per heavy atom. The Labute approximate surface area is 66.4 Å². The molecule has 0 aromatic heterocycles. The lowest BCUT2D eigenvalue weighted by atomic mass is 10.1. The molecule has 2 N–H and O–H groups in total. The quantitative estimate of drug-likeness (QED) is 0.527. The number of hydrogen-bond acceptors (Lipinski definition) is 4. The van der Waals surface area contributed by atoms with E-state index in [1.165, 1.54) is 0 Å². The minimum Gasteiger partial charge on any atom is -0.504 e. The largest absolute Gasteiger partial charge is 0.504 e. The molecule has 0 spiro atoms. The van der Waals surface area contributed by atoms with Crippen LogP contribution in [0.3, 0.4) is 0 Å². The molecule has 0 radical (unpaired) electrons. The average molecular weight is 175 g/mol. The van der Waals surface area contributed by atoms with Crippen molar-refractivity contribution in [1.29, 1.82) is 0 Å². The van der Waals surface area contributed by atoms with Gasteiger partial charge in [-0.1, -0.05) is 11.6 Å². The zero-order chi connectivity index (χ0) is 8.59. The van der Waals surface area contributed by atoms with Crippen molar-refractivity contribution < 1.29 is 19.8 Å². The lowest BCUT2D eigenvalue weighted by Crippen LogP contribution is -2.16. The molecule has 0 heterocycles. The molecule has 0 bridgehead atoms. The highest BCUT2D eigenvalue weighted by molar-refractivity contribution is 6.48. The third kappa shape index (κ3) is 1.12. The van der Waals surface area contributed by atoms with Crippen molar-refractivity contribution in [3.8, 4) is 0 Å². The van der Waals surface area contributed by atoms with E-state index in [-0.39, 0.29) is 0 Å². The lowest BCUT2D eigenvalue weighted by Gasteiger charge is -2.05. The highest BCUT2D eigenvalue weighted by Gasteiger charge is 2.26. The second-order valence-corrected chi connectivity index (χ2v) is 2.26. The molecule has 11 heavy (non-hydrogen) atoms.